The zero-order valence-electron chi connectivity index (χ0n) is 9.87. The van der Waals surface area contributed by atoms with Gasteiger partial charge in [-0.1, -0.05) is 13.3 Å². The largest absolute Gasteiger partial charge is 0.472 e. The Balaban J connectivity index is 3.00. The lowest BCUT2D eigenvalue weighted by Crippen LogP contribution is -2.24. The highest BCUT2D eigenvalue weighted by Crippen LogP contribution is 2.24. The second-order valence-electron chi connectivity index (χ2n) is 4.51. The van der Waals surface area contributed by atoms with Crippen molar-refractivity contribution in [3.63, 3.8) is 0 Å². The molecule has 1 aromatic heterocycles. The van der Waals surface area contributed by atoms with Gasteiger partial charge < -0.3 is 10.5 Å². The van der Waals surface area contributed by atoms with Crippen molar-refractivity contribution < 1.29 is 4.74 Å². The maximum absolute atomic E-state index is 5.80. The van der Waals surface area contributed by atoms with Crippen LogP contribution in [-0.4, -0.2) is 15.6 Å². The molecule has 4 nitrogen and oxygen atoms in total. The first-order chi connectivity index (χ1) is 6.94. The van der Waals surface area contributed by atoms with E-state index in [1.54, 1.807) is 0 Å². The van der Waals surface area contributed by atoms with Crippen molar-refractivity contribution in [1.29, 1.82) is 0 Å². The number of hydrogen-bond acceptors (Lipinski definition) is 4. The van der Waals surface area contributed by atoms with Crippen molar-refractivity contribution in [3.8, 4) is 5.88 Å². The van der Waals surface area contributed by atoms with Crippen molar-refractivity contribution in [2.45, 2.75) is 46.1 Å². The predicted molar refractivity (Wildman–Crippen MR) is 60.8 cm³/mol. The van der Waals surface area contributed by atoms with Gasteiger partial charge in [0.1, 0.15) is 17.7 Å². The van der Waals surface area contributed by atoms with E-state index in [0.29, 0.717) is 11.7 Å². The molecule has 84 valence electrons. The Labute approximate surface area is 90.9 Å². The Hall–Kier alpha value is -1.32. The SMILES string of the molecule is CCCc1c(N)ncnc1OC(C)(C)C. The van der Waals surface area contributed by atoms with Crippen LogP contribution in [0.2, 0.25) is 0 Å². The molecule has 1 aromatic rings. The van der Waals surface area contributed by atoms with Gasteiger partial charge in [0.25, 0.3) is 0 Å². The second-order valence-corrected chi connectivity index (χ2v) is 4.51. The van der Waals surface area contributed by atoms with Gasteiger partial charge in [0.2, 0.25) is 5.88 Å². The topological polar surface area (TPSA) is 61.0 Å². The van der Waals surface area contributed by atoms with Crippen molar-refractivity contribution in [2.75, 3.05) is 5.73 Å². The van der Waals surface area contributed by atoms with E-state index in [2.05, 4.69) is 16.9 Å². The molecule has 0 bridgehead atoms. The van der Waals surface area contributed by atoms with Gasteiger partial charge in [-0.15, -0.1) is 0 Å². The van der Waals surface area contributed by atoms with E-state index in [-0.39, 0.29) is 5.60 Å². The van der Waals surface area contributed by atoms with Crippen LogP contribution in [0.15, 0.2) is 6.33 Å². The molecule has 4 heteroatoms. The van der Waals surface area contributed by atoms with Gasteiger partial charge in [0.15, 0.2) is 0 Å². The fraction of sp³-hybridized carbons (Fsp3) is 0.636. The first kappa shape index (κ1) is 11.8. The average molecular weight is 209 g/mol. The van der Waals surface area contributed by atoms with Gasteiger partial charge in [-0.3, -0.25) is 0 Å². The van der Waals surface area contributed by atoms with Crippen LogP contribution < -0.4 is 10.5 Å². The standard InChI is InChI=1S/C11H19N3O/c1-5-6-8-9(12)13-7-14-10(8)15-11(2,3)4/h7H,5-6H2,1-4H3,(H2,12,13,14). The number of aromatic nitrogens is 2. The summed E-state index contributed by atoms with van der Waals surface area (Å²) in [6, 6.07) is 0. The molecule has 0 fully saturated rings. The van der Waals surface area contributed by atoms with E-state index in [4.69, 9.17) is 10.5 Å². The summed E-state index contributed by atoms with van der Waals surface area (Å²) in [6.45, 7) is 8.05. The first-order valence-corrected chi connectivity index (χ1v) is 5.22. The fourth-order valence-electron chi connectivity index (χ4n) is 1.27. The molecule has 0 aromatic carbocycles. The Bertz CT molecular complexity index is 331. The summed E-state index contributed by atoms with van der Waals surface area (Å²) in [5.74, 6) is 1.13. The molecule has 0 amide bonds. The van der Waals surface area contributed by atoms with Crippen LogP contribution in [0.1, 0.15) is 39.7 Å². The molecule has 0 aliphatic rings. The molecule has 1 heterocycles. The minimum Gasteiger partial charge on any atom is -0.472 e. The number of rotatable bonds is 3. The second kappa shape index (κ2) is 4.47. The van der Waals surface area contributed by atoms with Gasteiger partial charge >= 0.3 is 0 Å². The number of nitrogen functional groups attached to an aromatic ring is 1. The van der Waals surface area contributed by atoms with Crippen LogP contribution in [0.3, 0.4) is 0 Å². The summed E-state index contributed by atoms with van der Waals surface area (Å²) in [7, 11) is 0. The molecule has 0 spiro atoms. The zero-order chi connectivity index (χ0) is 11.5. The summed E-state index contributed by atoms with van der Waals surface area (Å²) in [5, 5.41) is 0. The average Bonchev–Trinajstić information content (AvgIpc) is 2.08. The summed E-state index contributed by atoms with van der Waals surface area (Å²) >= 11 is 0. The maximum Gasteiger partial charge on any atom is 0.222 e. The maximum atomic E-state index is 5.80. The number of ether oxygens (including phenoxy) is 1. The number of nitrogens with zero attached hydrogens (tertiary/aromatic N) is 2. The summed E-state index contributed by atoms with van der Waals surface area (Å²) < 4.78 is 5.74. The van der Waals surface area contributed by atoms with Crippen LogP contribution in [0.4, 0.5) is 5.82 Å². The van der Waals surface area contributed by atoms with Crippen molar-refractivity contribution in [3.05, 3.63) is 11.9 Å². The highest BCUT2D eigenvalue weighted by atomic mass is 16.5. The normalized spacial score (nSPS) is 11.5. The lowest BCUT2D eigenvalue weighted by Gasteiger charge is -2.22. The molecular formula is C11H19N3O. The Kier molecular flexibility index (Phi) is 3.50. The van der Waals surface area contributed by atoms with Crippen LogP contribution in [0, 0.1) is 0 Å². The van der Waals surface area contributed by atoms with Crippen LogP contribution in [0.25, 0.3) is 0 Å². The Morgan fingerprint density at radius 3 is 2.53 bits per heavy atom. The highest BCUT2D eigenvalue weighted by molar-refractivity contribution is 5.44. The molecule has 1 rings (SSSR count). The van der Waals surface area contributed by atoms with E-state index >= 15 is 0 Å². The first-order valence-electron chi connectivity index (χ1n) is 5.22. The van der Waals surface area contributed by atoms with E-state index in [1.165, 1.54) is 6.33 Å². The predicted octanol–water partition coefficient (Wildman–Crippen LogP) is 2.19. The van der Waals surface area contributed by atoms with E-state index in [9.17, 15) is 0 Å². The summed E-state index contributed by atoms with van der Waals surface area (Å²) in [4.78, 5) is 8.11. The number of hydrogen-bond donors (Lipinski definition) is 1. The monoisotopic (exact) mass is 209 g/mol. The van der Waals surface area contributed by atoms with Crippen LogP contribution in [-0.2, 0) is 6.42 Å². The van der Waals surface area contributed by atoms with E-state index in [0.717, 1.165) is 18.4 Å². The molecule has 0 saturated heterocycles. The van der Waals surface area contributed by atoms with Gasteiger partial charge in [0.05, 0.1) is 5.56 Å². The smallest absolute Gasteiger partial charge is 0.222 e. The molecule has 2 N–H and O–H groups in total. The number of nitrogens with two attached hydrogens (primary N) is 1. The van der Waals surface area contributed by atoms with Gasteiger partial charge in [-0.05, 0) is 27.2 Å². The molecule has 0 unspecified atom stereocenters. The third-order valence-corrected chi connectivity index (χ3v) is 1.84. The zero-order valence-corrected chi connectivity index (χ0v) is 9.87. The molecule has 0 aliphatic heterocycles. The number of anilines is 1. The molecular weight excluding hydrogens is 190 g/mol. The van der Waals surface area contributed by atoms with Gasteiger partial charge in [0, 0.05) is 0 Å². The van der Waals surface area contributed by atoms with Gasteiger partial charge in [-0.25, -0.2) is 9.97 Å². The molecule has 0 saturated carbocycles. The highest BCUT2D eigenvalue weighted by Gasteiger charge is 2.17. The summed E-state index contributed by atoms with van der Waals surface area (Å²) in [5.41, 5.74) is 6.45. The van der Waals surface area contributed by atoms with E-state index < -0.39 is 0 Å². The van der Waals surface area contributed by atoms with Crippen LogP contribution in [0.5, 0.6) is 5.88 Å². The lowest BCUT2D eigenvalue weighted by molar-refractivity contribution is 0.122. The third-order valence-electron chi connectivity index (χ3n) is 1.84. The molecule has 0 atom stereocenters. The minimum absolute atomic E-state index is 0.261. The fourth-order valence-corrected chi connectivity index (χ4v) is 1.27. The Morgan fingerprint density at radius 1 is 1.33 bits per heavy atom. The van der Waals surface area contributed by atoms with E-state index in [1.807, 2.05) is 20.8 Å². The third kappa shape index (κ3) is 3.38. The molecule has 0 radical (unpaired) electrons. The lowest BCUT2D eigenvalue weighted by atomic mass is 10.1. The molecule has 15 heavy (non-hydrogen) atoms. The molecule has 0 aliphatic carbocycles. The van der Waals surface area contributed by atoms with Crippen molar-refractivity contribution in [1.82, 2.24) is 9.97 Å². The van der Waals surface area contributed by atoms with Crippen LogP contribution >= 0.6 is 0 Å². The summed E-state index contributed by atoms with van der Waals surface area (Å²) in [6.07, 6.45) is 3.28. The minimum atomic E-state index is -0.261. The quantitative estimate of drug-likeness (QED) is 0.829. The van der Waals surface area contributed by atoms with Gasteiger partial charge in [-0.2, -0.15) is 0 Å². The Morgan fingerprint density at radius 2 is 2.00 bits per heavy atom. The van der Waals surface area contributed by atoms with Crippen molar-refractivity contribution in [2.24, 2.45) is 0 Å². The van der Waals surface area contributed by atoms with Crippen molar-refractivity contribution >= 4 is 5.82 Å².